The minimum atomic E-state index is -0.940. The molecule has 37 heavy (non-hydrogen) atoms. The molecule has 0 saturated heterocycles. The number of methoxy groups -OCH3 is 1. The van der Waals surface area contributed by atoms with Gasteiger partial charge in [-0.3, -0.25) is 10.6 Å². The number of ether oxygens (including phenoxy) is 4. The Morgan fingerprint density at radius 2 is 1.30 bits per heavy atom. The van der Waals surface area contributed by atoms with E-state index in [2.05, 4.69) is 24.5 Å². The summed E-state index contributed by atoms with van der Waals surface area (Å²) in [6.45, 7) is 4.97. The van der Waals surface area contributed by atoms with Crippen molar-refractivity contribution < 1.29 is 28.5 Å². The summed E-state index contributed by atoms with van der Waals surface area (Å²) >= 11 is 0. The van der Waals surface area contributed by atoms with E-state index in [1.54, 1.807) is 18.2 Å². The molecule has 8 nitrogen and oxygen atoms in total. The molecule has 0 radical (unpaired) electrons. The first-order valence-electron chi connectivity index (χ1n) is 12.2. The third-order valence-electron chi connectivity index (χ3n) is 5.42. The smallest absolute Gasteiger partial charge is 0.409 e. The van der Waals surface area contributed by atoms with Gasteiger partial charge in [0.1, 0.15) is 19.4 Å². The molecule has 0 bridgehead atoms. The fourth-order valence-corrected chi connectivity index (χ4v) is 3.36. The average molecular weight is 507 g/mol. The van der Waals surface area contributed by atoms with E-state index in [0.29, 0.717) is 29.6 Å². The van der Waals surface area contributed by atoms with Crippen LogP contribution in [0.3, 0.4) is 0 Å². The van der Waals surface area contributed by atoms with Crippen molar-refractivity contribution in [3.05, 3.63) is 95.6 Å². The molecule has 0 spiro atoms. The summed E-state index contributed by atoms with van der Waals surface area (Å²) in [6.07, 6.45) is -1.44. The zero-order valence-corrected chi connectivity index (χ0v) is 21.4. The first-order chi connectivity index (χ1) is 17.9. The van der Waals surface area contributed by atoms with Crippen molar-refractivity contribution >= 4 is 12.2 Å². The van der Waals surface area contributed by atoms with Gasteiger partial charge >= 0.3 is 12.2 Å². The Hall–Kier alpha value is -4.20. The van der Waals surface area contributed by atoms with E-state index in [0.717, 1.165) is 17.5 Å². The topological polar surface area (TPSA) is 95.1 Å². The summed E-state index contributed by atoms with van der Waals surface area (Å²) in [5.74, 6) is 1.56. The molecule has 0 aliphatic rings. The van der Waals surface area contributed by atoms with E-state index < -0.39 is 18.4 Å². The first kappa shape index (κ1) is 27.4. The van der Waals surface area contributed by atoms with Crippen molar-refractivity contribution in [1.29, 1.82) is 0 Å². The van der Waals surface area contributed by atoms with Crippen LogP contribution in [0.1, 0.15) is 43.1 Å². The first-order valence-corrected chi connectivity index (χ1v) is 12.2. The van der Waals surface area contributed by atoms with E-state index in [4.69, 9.17) is 18.9 Å². The molecule has 0 fully saturated rings. The molecular formula is C29H34N2O6. The van der Waals surface area contributed by atoms with Gasteiger partial charge in [0.15, 0.2) is 11.5 Å². The normalized spacial score (nSPS) is 10.6. The Morgan fingerprint density at radius 1 is 0.757 bits per heavy atom. The highest BCUT2D eigenvalue weighted by Gasteiger charge is 2.21. The molecule has 8 heteroatoms. The Kier molecular flexibility index (Phi) is 10.6. The van der Waals surface area contributed by atoms with Crippen molar-refractivity contribution in [2.24, 2.45) is 5.92 Å². The number of carbonyl (C=O) groups is 2. The van der Waals surface area contributed by atoms with E-state index in [-0.39, 0.29) is 13.2 Å². The zero-order valence-electron chi connectivity index (χ0n) is 21.4. The summed E-state index contributed by atoms with van der Waals surface area (Å²) in [5.41, 5.74) is 2.24. The van der Waals surface area contributed by atoms with Gasteiger partial charge in [0.2, 0.25) is 0 Å². The van der Waals surface area contributed by atoms with Crippen molar-refractivity contribution in [1.82, 2.24) is 10.6 Å². The van der Waals surface area contributed by atoms with Crippen LogP contribution >= 0.6 is 0 Å². The molecule has 0 aromatic heterocycles. The maximum atomic E-state index is 12.6. The minimum Gasteiger partial charge on any atom is -0.493 e. The van der Waals surface area contributed by atoms with Crippen molar-refractivity contribution in [2.75, 3.05) is 13.7 Å². The minimum absolute atomic E-state index is 0.0871. The van der Waals surface area contributed by atoms with E-state index in [9.17, 15) is 9.59 Å². The van der Waals surface area contributed by atoms with Crippen LogP contribution in [0.5, 0.6) is 11.5 Å². The summed E-state index contributed by atoms with van der Waals surface area (Å²) in [5, 5.41) is 5.38. The average Bonchev–Trinajstić information content (AvgIpc) is 2.91. The second kappa shape index (κ2) is 14.4. The Bertz CT molecular complexity index is 1060. The van der Waals surface area contributed by atoms with Crippen LogP contribution in [-0.4, -0.2) is 25.9 Å². The van der Waals surface area contributed by atoms with Gasteiger partial charge in [-0.2, -0.15) is 0 Å². The number of hydrogen-bond acceptors (Lipinski definition) is 6. The maximum Gasteiger partial charge on any atom is 0.409 e. The lowest BCUT2D eigenvalue weighted by Gasteiger charge is -2.22. The molecule has 3 aromatic carbocycles. The van der Waals surface area contributed by atoms with Crippen LogP contribution in [0.15, 0.2) is 78.9 Å². The number of nitrogens with one attached hydrogen (secondary N) is 2. The molecule has 3 aromatic rings. The molecule has 2 N–H and O–H groups in total. The quantitative estimate of drug-likeness (QED) is 0.294. The van der Waals surface area contributed by atoms with Gasteiger partial charge in [-0.05, 0) is 41.2 Å². The van der Waals surface area contributed by atoms with Crippen molar-refractivity contribution in [2.45, 2.75) is 39.6 Å². The predicted octanol–water partition coefficient (Wildman–Crippen LogP) is 5.97. The standard InChI is InChI=1S/C29H34N2O6/c1-21(2)16-17-35-25-15-14-24(18-26(25)34-3)27(30-28(32)36-19-22-10-6-4-7-11-22)31-29(33)37-20-23-12-8-5-9-13-23/h4-15,18,21,27H,16-17,19-20H2,1-3H3,(H,30,32)(H,31,33). The van der Waals surface area contributed by atoms with Crippen LogP contribution in [0.25, 0.3) is 0 Å². The number of rotatable bonds is 12. The largest absolute Gasteiger partial charge is 0.493 e. The molecule has 3 rings (SSSR count). The molecule has 0 aliphatic heterocycles. The molecule has 2 amide bonds. The van der Waals surface area contributed by atoms with Gasteiger partial charge in [0.25, 0.3) is 0 Å². The number of alkyl carbamates (subject to hydrolysis) is 2. The van der Waals surface area contributed by atoms with Crippen LogP contribution < -0.4 is 20.1 Å². The van der Waals surface area contributed by atoms with Gasteiger partial charge in [-0.25, -0.2) is 9.59 Å². The van der Waals surface area contributed by atoms with E-state index in [1.807, 2.05) is 60.7 Å². The van der Waals surface area contributed by atoms with Crippen molar-refractivity contribution in [3.8, 4) is 11.5 Å². The van der Waals surface area contributed by atoms with Crippen molar-refractivity contribution in [3.63, 3.8) is 0 Å². The number of benzene rings is 3. The number of hydrogen-bond donors (Lipinski definition) is 2. The second-order valence-electron chi connectivity index (χ2n) is 8.79. The van der Waals surface area contributed by atoms with Gasteiger partial charge < -0.3 is 18.9 Å². The van der Waals surface area contributed by atoms with Crippen LogP contribution in [0.2, 0.25) is 0 Å². The highest BCUT2D eigenvalue weighted by atomic mass is 16.6. The zero-order chi connectivity index (χ0) is 26.5. The SMILES string of the molecule is COc1cc(C(NC(=O)OCc2ccccc2)NC(=O)OCc2ccccc2)ccc1OCCC(C)C. The summed E-state index contributed by atoms with van der Waals surface area (Å²) in [4.78, 5) is 25.2. The summed E-state index contributed by atoms with van der Waals surface area (Å²) in [7, 11) is 1.53. The highest BCUT2D eigenvalue weighted by molar-refractivity contribution is 5.71. The lowest BCUT2D eigenvalue weighted by molar-refractivity contribution is 0.122. The molecule has 0 unspecified atom stereocenters. The Balaban J connectivity index is 1.70. The summed E-state index contributed by atoms with van der Waals surface area (Å²) in [6, 6.07) is 23.8. The predicted molar refractivity (Wildman–Crippen MR) is 140 cm³/mol. The Labute approximate surface area is 217 Å². The maximum absolute atomic E-state index is 12.6. The third kappa shape index (κ3) is 9.40. The Morgan fingerprint density at radius 3 is 1.78 bits per heavy atom. The summed E-state index contributed by atoms with van der Waals surface area (Å²) < 4.78 is 22.1. The number of carbonyl (C=O) groups excluding carboxylic acids is 2. The van der Waals surface area contributed by atoms with Gasteiger partial charge in [-0.15, -0.1) is 0 Å². The van der Waals surface area contributed by atoms with E-state index >= 15 is 0 Å². The van der Waals surface area contributed by atoms with Gasteiger partial charge in [0, 0.05) is 0 Å². The monoisotopic (exact) mass is 506 g/mol. The molecule has 0 atom stereocenters. The van der Waals surface area contributed by atoms with E-state index in [1.165, 1.54) is 7.11 Å². The van der Waals surface area contributed by atoms with Crippen LogP contribution in [0.4, 0.5) is 9.59 Å². The molecule has 196 valence electrons. The fraction of sp³-hybridized carbons (Fsp3) is 0.310. The number of amides is 2. The molecule has 0 aliphatic carbocycles. The van der Waals surface area contributed by atoms with Gasteiger partial charge in [-0.1, -0.05) is 80.6 Å². The lowest BCUT2D eigenvalue weighted by Crippen LogP contribution is -2.41. The van der Waals surface area contributed by atoms with Crippen LogP contribution in [0, 0.1) is 5.92 Å². The fourth-order valence-electron chi connectivity index (χ4n) is 3.36. The van der Waals surface area contributed by atoms with Gasteiger partial charge in [0.05, 0.1) is 13.7 Å². The highest BCUT2D eigenvalue weighted by Crippen LogP contribution is 2.30. The molecule has 0 heterocycles. The molecular weight excluding hydrogens is 472 g/mol. The second-order valence-corrected chi connectivity index (χ2v) is 8.79. The third-order valence-corrected chi connectivity index (χ3v) is 5.42. The lowest BCUT2D eigenvalue weighted by atomic mass is 10.1. The molecule has 0 saturated carbocycles. The van der Waals surface area contributed by atoms with Crippen LogP contribution in [-0.2, 0) is 22.7 Å².